The summed E-state index contributed by atoms with van der Waals surface area (Å²) in [5.74, 6) is 0.785. The van der Waals surface area contributed by atoms with E-state index in [9.17, 15) is 4.79 Å². The van der Waals surface area contributed by atoms with Gasteiger partial charge in [0.05, 0.1) is 13.2 Å². The Morgan fingerprint density at radius 1 is 0.935 bits per heavy atom. The second-order valence-corrected chi connectivity index (χ2v) is 7.94. The van der Waals surface area contributed by atoms with Gasteiger partial charge in [0.25, 0.3) is 0 Å². The standard InChI is InChI=1S/C27H28N2O2/c1-19(20-9-5-4-6-10-20)28-27(30)17-24(21-13-15-22(31-3)16-14-21)25-18-29(2)26-12-8-7-11-23(25)26/h4-16,18-19,24H,17H2,1-3H3,(H,28,30)/t19-,24+/m0/s1. The van der Waals surface area contributed by atoms with Gasteiger partial charge in [-0.2, -0.15) is 0 Å². The summed E-state index contributed by atoms with van der Waals surface area (Å²) in [7, 11) is 3.71. The third kappa shape index (κ3) is 4.48. The molecule has 158 valence electrons. The molecule has 0 spiro atoms. The van der Waals surface area contributed by atoms with E-state index in [4.69, 9.17) is 4.74 Å². The van der Waals surface area contributed by atoms with Crippen molar-refractivity contribution < 1.29 is 9.53 Å². The number of carbonyl (C=O) groups excluding carboxylic acids is 1. The molecule has 4 aromatic rings. The molecule has 3 aromatic carbocycles. The van der Waals surface area contributed by atoms with E-state index in [0.717, 1.165) is 28.0 Å². The van der Waals surface area contributed by atoms with Crippen molar-refractivity contribution in [2.24, 2.45) is 7.05 Å². The fraction of sp³-hybridized carbons (Fsp3) is 0.222. The number of para-hydroxylation sites is 1. The molecule has 31 heavy (non-hydrogen) atoms. The predicted octanol–water partition coefficient (Wildman–Crippen LogP) is 5.59. The summed E-state index contributed by atoms with van der Waals surface area (Å²) in [6, 6.07) is 26.4. The zero-order valence-electron chi connectivity index (χ0n) is 18.2. The molecule has 0 unspecified atom stereocenters. The zero-order valence-corrected chi connectivity index (χ0v) is 18.2. The van der Waals surface area contributed by atoms with Gasteiger partial charge < -0.3 is 14.6 Å². The topological polar surface area (TPSA) is 43.3 Å². The fourth-order valence-corrected chi connectivity index (χ4v) is 4.21. The van der Waals surface area contributed by atoms with E-state index in [2.05, 4.69) is 53.5 Å². The van der Waals surface area contributed by atoms with Crippen molar-refractivity contribution in [1.82, 2.24) is 9.88 Å². The number of aromatic nitrogens is 1. The van der Waals surface area contributed by atoms with Crippen molar-refractivity contribution in [2.45, 2.75) is 25.3 Å². The molecule has 0 aliphatic rings. The SMILES string of the molecule is COc1ccc([C@@H](CC(=O)N[C@@H](C)c2ccccc2)c2cn(C)c3ccccc23)cc1. The van der Waals surface area contributed by atoms with Crippen LogP contribution in [0, 0.1) is 0 Å². The first-order valence-corrected chi connectivity index (χ1v) is 10.6. The number of hydrogen-bond acceptors (Lipinski definition) is 2. The molecule has 0 saturated heterocycles. The third-order valence-electron chi connectivity index (χ3n) is 5.89. The molecule has 0 aliphatic heterocycles. The van der Waals surface area contributed by atoms with Gasteiger partial charge in [-0.25, -0.2) is 0 Å². The number of aryl methyl sites for hydroxylation is 1. The Morgan fingerprint density at radius 2 is 1.61 bits per heavy atom. The number of benzene rings is 3. The van der Waals surface area contributed by atoms with Crippen LogP contribution in [0.3, 0.4) is 0 Å². The van der Waals surface area contributed by atoms with Crippen molar-refractivity contribution in [2.75, 3.05) is 7.11 Å². The van der Waals surface area contributed by atoms with Crippen LogP contribution in [0.1, 0.15) is 42.0 Å². The minimum absolute atomic E-state index is 0.0325. The lowest BCUT2D eigenvalue weighted by Crippen LogP contribution is -2.28. The first-order valence-electron chi connectivity index (χ1n) is 10.6. The molecule has 4 nitrogen and oxygen atoms in total. The van der Waals surface area contributed by atoms with E-state index < -0.39 is 0 Å². The highest BCUT2D eigenvalue weighted by Crippen LogP contribution is 2.35. The van der Waals surface area contributed by atoms with Gasteiger partial charge in [0.2, 0.25) is 5.91 Å². The van der Waals surface area contributed by atoms with Crippen molar-refractivity contribution in [3.63, 3.8) is 0 Å². The smallest absolute Gasteiger partial charge is 0.221 e. The van der Waals surface area contributed by atoms with Crippen molar-refractivity contribution in [1.29, 1.82) is 0 Å². The molecular formula is C27H28N2O2. The van der Waals surface area contributed by atoms with Crippen LogP contribution < -0.4 is 10.1 Å². The average Bonchev–Trinajstić information content (AvgIpc) is 3.14. The summed E-state index contributed by atoms with van der Waals surface area (Å²) in [5, 5.41) is 4.35. The number of nitrogens with one attached hydrogen (secondary N) is 1. The molecule has 1 heterocycles. The summed E-state index contributed by atoms with van der Waals surface area (Å²) in [5.41, 5.74) is 4.52. The van der Waals surface area contributed by atoms with E-state index >= 15 is 0 Å². The van der Waals surface area contributed by atoms with E-state index in [-0.39, 0.29) is 17.9 Å². The molecular weight excluding hydrogens is 384 g/mol. The predicted molar refractivity (Wildman–Crippen MR) is 125 cm³/mol. The maximum Gasteiger partial charge on any atom is 0.221 e. The molecule has 0 saturated carbocycles. The number of methoxy groups -OCH3 is 1. The van der Waals surface area contributed by atoms with Gasteiger partial charge in [0.15, 0.2) is 0 Å². The van der Waals surface area contributed by atoms with Crippen LogP contribution in [-0.2, 0) is 11.8 Å². The van der Waals surface area contributed by atoms with E-state index in [1.165, 1.54) is 5.39 Å². The molecule has 1 N–H and O–H groups in total. The Kier molecular flexibility index (Phi) is 6.08. The van der Waals surface area contributed by atoms with Crippen LogP contribution in [0.15, 0.2) is 85.1 Å². The number of rotatable bonds is 7. The summed E-state index contributed by atoms with van der Waals surface area (Å²) in [6.45, 7) is 2.02. The summed E-state index contributed by atoms with van der Waals surface area (Å²) in [4.78, 5) is 13.1. The maximum atomic E-state index is 13.1. The Balaban J connectivity index is 1.66. The number of carbonyl (C=O) groups is 1. The van der Waals surface area contributed by atoms with Crippen LogP contribution in [0.5, 0.6) is 5.75 Å². The lowest BCUT2D eigenvalue weighted by Gasteiger charge is -2.20. The second kappa shape index (κ2) is 9.09. The number of ether oxygens (including phenoxy) is 1. The lowest BCUT2D eigenvalue weighted by molar-refractivity contribution is -0.121. The number of hydrogen-bond donors (Lipinski definition) is 1. The first kappa shape index (κ1) is 20.7. The summed E-state index contributed by atoms with van der Waals surface area (Å²) < 4.78 is 7.46. The Labute approximate surface area is 183 Å². The van der Waals surface area contributed by atoms with Crippen molar-refractivity contribution in [3.8, 4) is 5.75 Å². The molecule has 0 aliphatic carbocycles. The lowest BCUT2D eigenvalue weighted by atomic mass is 9.87. The number of nitrogens with zero attached hydrogens (tertiary/aromatic N) is 1. The molecule has 0 fully saturated rings. The van der Waals surface area contributed by atoms with Crippen molar-refractivity contribution in [3.05, 3.63) is 102 Å². The zero-order chi connectivity index (χ0) is 21.8. The third-order valence-corrected chi connectivity index (χ3v) is 5.89. The van der Waals surface area contributed by atoms with Gasteiger partial charge in [0, 0.05) is 36.5 Å². The molecule has 1 aromatic heterocycles. The normalized spacial score (nSPS) is 13.0. The van der Waals surface area contributed by atoms with Gasteiger partial charge in [-0.15, -0.1) is 0 Å². The van der Waals surface area contributed by atoms with Gasteiger partial charge >= 0.3 is 0 Å². The van der Waals surface area contributed by atoms with Crippen LogP contribution in [0.25, 0.3) is 10.9 Å². The monoisotopic (exact) mass is 412 g/mol. The molecule has 1 amide bonds. The van der Waals surface area contributed by atoms with Crippen LogP contribution in [-0.4, -0.2) is 17.6 Å². The minimum atomic E-state index is -0.0556. The summed E-state index contributed by atoms with van der Waals surface area (Å²) in [6.07, 6.45) is 2.52. The highest BCUT2D eigenvalue weighted by Gasteiger charge is 2.23. The van der Waals surface area contributed by atoms with Crippen LogP contribution in [0.2, 0.25) is 0 Å². The van der Waals surface area contributed by atoms with Gasteiger partial charge in [-0.05, 0) is 41.8 Å². The highest BCUT2D eigenvalue weighted by atomic mass is 16.5. The Morgan fingerprint density at radius 3 is 2.32 bits per heavy atom. The van der Waals surface area contributed by atoms with Gasteiger partial charge in [-0.1, -0.05) is 60.7 Å². The molecule has 2 atom stereocenters. The van der Waals surface area contributed by atoms with Gasteiger partial charge in [-0.3, -0.25) is 4.79 Å². The first-order chi connectivity index (χ1) is 15.1. The average molecular weight is 413 g/mol. The minimum Gasteiger partial charge on any atom is -0.497 e. The highest BCUT2D eigenvalue weighted by molar-refractivity contribution is 5.86. The van der Waals surface area contributed by atoms with Crippen LogP contribution in [0.4, 0.5) is 0 Å². The Hall–Kier alpha value is -3.53. The van der Waals surface area contributed by atoms with E-state index in [1.54, 1.807) is 7.11 Å². The maximum absolute atomic E-state index is 13.1. The van der Waals surface area contributed by atoms with Gasteiger partial charge in [0.1, 0.15) is 5.75 Å². The quantitative estimate of drug-likeness (QED) is 0.430. The fourth-order valence-electron chi connectivity index (χ4n) is 4.21. The molecule has 0 radical (unpaired) electrons. The Bertz CT molecular complexity index is 1160. The molecule has 4 rings (SSSR count). The number of amides is 1. The summed E-state index contributed by atoms with van der Waals surface area (Å²) >= 11 is 0. The van der Waals surface area contributed by atoms with E-state index in [1.807, 2.05) is 55.5 Å². The second-order valence-electron chi connectivity index (χ2n) is 7.94. The van der Waals surface area contributed by atoms with Crippen LogP contribution >= 0.6 is 0 Å². The number of fused-ring (bicyclic) bond motifs is 1. The molecule has 0 bridgehead atoms. The van der Waals surface area contributed by atoms with Crippen molar-refractivity contribution >= 4 is 16.8 Å². The largest absolute Gasteiger partial charge is 0.497 e. The van der Waals surface area contributed by atoms with E-state index in [0.29, 0.717) is 6.42 Å². The molecule has 4 heteroatoms.